The summed E-state index contributed by atoms with van der Waals surface area (Å²) in [5.41, 5.74) is 1.42. The fourth-order valence-electron chi connectivity index (χ4n) is 4.58. The van der Waals surface area contributed by atoms with Crippen LogP contribution in [0.3, 0.4) is 0 Å². The lowest BCUT2D eigenvalue weighted by molar-refractivity contribution is 0.101. The number of hydrogen-bond donors (Lipinski definition) is 0. The molecule has 152 valence electrons. The Morgan fingerprint density at radius 3 is 2.55 bits per heavy atom. The van der Waals surface area contributed by atoms with E-state index in [1.165, 1.54) is 19.1 Å². The van der Waals surface area contributed by atoms with Crippen molar-refractivity contribution in [2.75, 3.05) is 38.6 Å². The van der Waals surface area contributed by atoms with Crippen LogP contribution in [-0.4, -0.2) is 60.3 Å². The lowest BCUT2D eigenvalue weighted by atomic mass is 9.89. The highest BCUT2D eigenvalue weighted by atomic mass is 19.1. The molecule has 7 heteroatoms. The Morgan fingerprint density at radius 1 is 1.14 bits per heavy atom. The van der Waals surface area contributed by atoms with Gasteiger partial charge in [0, 0.05) is 57.3 Å². The highest BCUT2D eigenvalue weighted by molar-refractivity contribution is 5.93. The molecule has 2 aliphatic heterocycles. The summed E-state index contributed by atoms with van der Waals surface area (Å²) >= 11 is 0. The number of benzene rings is 1. The van der Waals surface area contributed by atoms with Crippen LogP contribution in [0.2, 0.25) is 0 Å². The number of amides is 2. The van der Waals surface area contributed by atoms with Crippen molar-refractivity contribution in [1.29, 1.82) is 0 Å². The summed E-state index contributed by atoms with van der Waals surface area (Å²) < 4.78 is 13.9. The standard InChI is InChI=1S/C22H25FN4O2/c1-14(28)16-7-8-20(24-10-16)26-11-17-12-27(22(29)25(2)3)21(19(17)13-26)15-5-4-6-18(23)9-15/h4-10,17,19,21H,11-13H2,1-3H3/t17-,19-,21+/m1/s1. The summed E-state index contributed by atoms with van der Waals surface area (Å²) in [7, 11) is 3.48. The maximum absolute atomic E-state index is 13.9. The molecular formula is C22H25FN4O2. The van der Waals surface area contributed by atoms with Gasteiger partial charge in [0.1, 0.15) is 11.6 Å². The number of anilines is 1. The van der Waals surface area contributed by atoms with Crippen LogP contribution in [0.15, 0.2) is 42.6 Å². The number of Topliss-reactive ketones (excluding diaryl/α,β-unsaturated/α-hetero) is 1. The molecule has 2 aliphatic rings. The minimum atomic E-state index is -0.292. The van der Waals surface area contributed by atoms with Crippen LogP contribution in [0, 0.1) is 17.7 Å². The van der Waals surface area contributed by atoms with E-state index in [1.807, 2.05) is 17.0 Å². The lowest BCUT2D eigenvalue weighted by Gasteiger charge is -2.32. The zero-order valence-electron chi connectivity index (χ0n) is 16.9. The second kappa shape index (κ2) is 7.46. The number of ketones is 1. The number of rotatable bonds is 3. The molecule has 0 unspecified atom stereocenters. The van der Waals surface area contributed by atoms with Crippen LogP contribution in [0.25, 0.3) is 0 Å². The maximum atomic E-state index is 13.9. The number of carbonyl (C=O) groups excluding carboxylic acids is 2. The minimum absolute atomic E-state index is 0.00801. The number of urea groups is 1. The second-order valence-corrected chi connectivity index (χ2v) is 8.12. The molecular weight excluding hydrogens is 371 g/mol. The molecule has 0 radical (unpaired) electrons. The normalized spacial score (nSPS) is 23.2. The molecule has 0 spiro atoms. The molecule has 2 aromatic rings. The molecule has 0 saturated carbocycles. The monoisotopic (exact) mass is 396 g/mol. The highest BCUT2D eigenvalue weighted by Gasteiger charge is 2.49. The van der Waals surface area contributed by atoms with Gasteiger partial charge in [0.15, 0.2) is 5.78 Å². The summed E-state index contributed by atoms with van der Waals surface area (Å²) in [6.07, 6.45) is 1.61. The molecule has 2 amide bonds. The summed E-state index contributed by atoms with van der Waals surface area (Å²) in [6, 6.07) is 10.00. The number of fused-ring (bicyclic) bond motifs is 1. The van der Waals surface area contributed by atoms with Gasteiger partial charge in [-0.2, -0.15) is 0 Å². The number of aromatic nitrogens is 1. The molecule has 0 aliphatic carbocycles. The third kappa shape index (κ3) is 3.57. The second-order valence-electron chi connectivity index (χ2n) is 8.12. The van der Waals surface area contributed by atoms with E-state index in [1.54, 1.807) is 37.3 Å². The first kappa shape index (κ1) is 19.4. The van der Waals surface area contributed by atoms with E-state index in [0.717, 1.165) is 24.5 Å². The van der Waals surface area contributed by atoms with Crippen LogP contribution in [0.4, 0.5) is 15.0 Å². The molecule has 6 nitrogen and oxygen atoms in total. The van der Waals surface area contributed by atoms with Gasteiger partial charge >= 0.3 is 6.03 Å². The van der Waals surface area contributed by atoms with E-state index >= 15 is 0 Å². The van der Waals surface area contributed by atoms with E-state index in [9.17, 15) is 14.0 Å². The largest absolute Gasteiger partial charge is 0.356 e. The quantitative estimate of drug-likeness (QED) is 0.748. The summed E-state index contributed by atoms with van der Waals surface area (Å²) in [6.45, 7) is 3.66. The molecule has 4 rings (SSSR count). The number of likely N-dealkylation sites (tertiary alicyclic amines) is 1. The molecule has 2 saturated heterocycles. The first-order chi connectivity index (χ1) is 13.8. The number of carbonyl (C=O) groups is 2. The molecule has 0 N–H and O–H groups in total. The van der Waals surface area contributed by atoms with Gasteiger partial charge in [-0.05, 0) is 36.8 Å². The van der Waals surface area contributed by atoms with E-state index in [4.69, 9.17) is 0 Å². The average Bonchev–Trinajstić information content (AvgIpc) is 3.25. The Morgan fingerprint density at radius 2 is 1.93 bits per heavy atom. The Balaban J connectivity index is 1.61. The van der Waals surface area contributed by atoms with Crippen LogP contribution in [0.5, 0.6) is 0 Å². The van der Waals surface area contributed by atoms with Crippen molar-refractivity contribution in [2.24, 2.45) is 11.8 Å². The Kier molecular flexibility index (Phi) is 4.98. The fourth-order valence-corrected chi connectivity index (χ4v) is 4.58. The van der Waals surface area contributed by atoms with Crippen molar-refractivity contribution in [3.8, 4) is 0 Å². The van der Waals surface area contributed by atoms with Gasteiger partial charge in [-0.25, -0.2) is 14.2 Å². The van der Waals surface area contributed by atoms with Crippen LogP contribution >= 0.6 is 0 Å². The zero-order chi connectivity index (χ0) is 20.7. The van der Waals surface area contributed by atoms with Crippen molar-refractivity contribution in [1.82, 2.24) is 14.8 Å². The van der Waals surface area contributed by atoms with E-state index in [2.05, 4.69) is 9.88 Å². The molecule has 3 heterocycles. The summed E-state index contributed by atoms with van der Waals surface area (Å²) in [5, 5.41) is 0. The predicted molar refractivity (Wildman–Crippen MR) is 108 cm³/mol. The summed E-state index contributed by atoms with van der Waals surface area (Å²) in [5.74, 6) is 0.996. The lowest BCUT2D eigenvalue weighted by Crippen LogP contribution is -2.41. The Labute approximate surface area is 169 Å². The van der Waals surface area contributed by atoms with Crippen LogP contribution in [-0.2, 0) is 0 Å². The van der Waals surface area contributed by atoms with Crippen molar-refractivity contribution in [2.45, 2.75) is 13.0 Å². The molecule has 1 aromatic heterocycles. The van der Waals surface area contributed by atoms with Crippen LogP contribution in [0.1, 0.15) is 28.9 Å². The van der Waals surface area contributed by atoms with Crippen molar-refractivity contribution >= 4 is 17.6 Å². The van der Waals surface area contributed by atoms with Gasteiger partial charge < -0.3 is 14.7 Å². The van der Waals surface area contributed by atoms with Gasteiger partial charge in [0.2, 0.25) is 0 Å². The average molecular weight is 396 g/mol. The molecule has 2 fully saturated rings. The zero-order valence-corrected chi connectivity index (χ0v) is 16.9. The van der Waals surface area contributed by atoms with Crippen molar-refractivity contribution < 1.29 is 14.0 Å². The van der Waals surface area contributed by atoms with Gasteiger partial charge in [0.25, 0.3) is 0 Å². The fraction of sp³-hybridized carbons (Fsp3) is 0.409. The van der Waals surface area contributed by atoms with E-state index in [0.29, 0.717) is 12.1 Å². The van der Waals surface area contributed by atoms with E-state index < -0.39 is 0 Å². The first-order valence-corrected chi connectivity index (χ1v) is 9.80. The molecule has 1 aromatic carbocycles. The van der Waals surface area contributed by atoms with Gasteiger partial charge in [-0.1, -0.05) is 12.1 Å². The predicted octanol–water partition coefficient (Wildman–Crippen LogP) is 3.21. The van der Waals surface area contributed by atoms with E-state index in [-0.39, 0.29) is 35.5 Å². The smallest absolute Gasteiger partial charge is 0.320 e. The highest BCUT2D eigenvalue weighted by Crippen LogP contribution is 2.46. The van der Waals surface area contributed by atoms with Crippen molar-refractivity contribution in [3.05, 3.63) is 59.5 Å². The SMILES string of the molecule is CC(=O)c1ccc(N2C[C@@H]3CN(C(=O)N(C)C)[C@@H](c4cccc(F)c4)[C@@H]3C2)nc1. The maximum Gasteiger partial charge on any atom is 0.320 e. The third-order valence-corrected chi connectivity index (χ3v) is 5.96. The number of hydrogen-bond acceptors (Lipinski definition) is 4. The third-order valence-electron chi connectivity index (χ3n) is 5.96. The molecule has 0 bridgehead atoms. The number of nitrogens with zero attached hydrogens (tertiary/aromatic N) is 4. The topological polar surface area (TPSA) is 56.8 Å². The van der Waals surface area contributed by atoms with Crippen LogP contribution < -0.4 is 4.90 Å². The number of pyridine rings is 1. The first-order valence-electron chi connectivity index (χ1n) is 9.80. The van der Waals surface area contributed by atoms with Gasteiger partial charge in [-0.3, -0.25) is 4.79 Å². The Hall–Kier alpha value is -2.96. The summed E-state index contributed by atoms with van der Waals surface area (Å²) in [4.78, 5) is 34.4. The number of halogens is 1. The van der Waals surface area contributed by atoms with Gasteiger partial charge in [-0.15, -0.1) is 0 Å². The van der Waals surface area contributed by atoms with Crippen molar-refractivity contribution in [3.63, 3.8) is 0 Å². The molecule has 29 heavy (non-hydrogen) atoms. The van der Waals surface area contributed by atoms with Gasteiger partial charge in [0.05, 0.1) is 6.04 Å². The minimum Gasteiger partial charge on any atom is -0.356 e. The molecule has 3 atom stereocenters. The Bertz CT molecular complexity index is 931.